The molecule has 1 aromatic carbocycles. The lowest BCUT2D eigenvalue weighted by atomic mass is 9.96. The normalized spacial score (nSPS) is 17.9. The molecule has 1 fully saturated rings. The van der Waals surface area contributed by atoms with Crippen molar-refractivity contribution in [2.24, 2.45) is 0 Å². The molecule has 3 heteroatoms. The lowest BCUT2D eigenvalue weighted by Gasteiger charge is -2.26. The number of halogens is 1. The van der Waals surface area contributed by atoms with E-state index in [2.05, 4.69) is 12.2 Å². The van der Waals surface area contributed by atoms with Crippen molar-refractivity contribution in [2.45, 2.75) is 38.3 Å². The first-order valence-electron chi connectivity index (χ1n) is 5.84. The fraction of sp³-hybridized carbons (Fsp3) is 0.538. The smallest absolute Gasteiger partial charge is 0.121 e. The summed E-state index contributed by atoms with van der Waals surface area (Å²) in [5.41, 5.74) is 1.12. The lowest BCUT2D eigenvalue weighted by Crippen LogP contribution is -2.24. The van der Waals surface area contributed by atoms with E-state index in [0.29, 0.717) is 6.10 Å². The predicted molar refractivity (Wildman–Crippen MR) is 67.2 cm³/mol. The molecule has 0 bridgehead atoms. The highest BCUT2D eigenvalue weighted by atomic mass is 35.5. The highest BCUT2D eigenvalue weighted by Crippen LogP contribution is 2.30. The first-order valence-corrected chi connectivity index (χ1v) is 6.22. The summed E-state index contributed by atoms with van der Waals surface area (Å²) in [7, 11) is 1.93. The zero-order valence-corrected chi connectivity index (χ0v) is 10.6. The van der Waals surface area contributed by atoms with E-state index in [0.717, 1.165) is 16.3 Å². The van der Waals surface area contributed by atoms with Crippen molar-refractivity contribution in [3.63, 3.8) is 0 Å². The molecule has 16 heavy (non-hydrogen) atoms. The fourth-order valence-electron chi connectivity index (χ4n) is 1.77. The summed E-state index contributed by atoms with van der Waals surface area (Å²) < 4.78 is 5.79. The number of ether oxygens (including phenoxy) is 1. The van der Waals surface area contributed by atoms with E-state index in [9.17, 15) is 0 Å². The zero-order valence-electron chi connectivity index (χ0n) is 9.79. The molecular formula is C13H18ClNO. The molecule has 1 aliphatic carbocycles. The van der Waals surface area contributed by atoms with Gasteiger partial charge in [-0.25, -0.2) is 0 Å². The summed E-state index contributed by atoms with van der Waals surface area (Å²) in [5.74, 6) is 0.891. The van der Waals surface area contributed by atoms with Crippen molar-refractivity contribution in [2.75, 3.05) is 7.05 Å². The van der Waals surface area contributed by atoms with Crippen LogP contribution in [-0.2, 0) is 0 Å². The van der Waals surface area contributed by atoms with Crippen LogP contribution >= 0.6 is 11.6 Å². The molecule has 1 saturated carbocycles. The van der Waals surface area contributed by atoms with Crippen molar-refractivity contribution in [3.8, 4) is 5.75 Å². The molecule has 2 rings (SSSR count). The molecular weight excluding hydrogens is 222 g/mol. The minimum Gasteiger partial charge on any atom is -0.490 e. The second kappa shape index (κ2) is 5.07. The van der Waals surface area contributed by atoms with Crippen LogP contribution in [0, 0.1) is 0 Å². The van der Waals surface area contributed by atoms with Crippen LogP contribution in [0.5, 0.6) is 5.75 Å². The first-order chi connectivity index (χ1) is 7.70. The molecule has 0 amide bonds. The van der Waals surface area contributed by atoms with Gasteiger partial charge in [0, 0.05) is 11.1 Å². The number of rotatable bonds is 4. The van der Waals surface area contributed by atoms with Crippen LogP contribution in [0.25, 0.3) is 0 Å². The van der Waals surface area contributed by atoms with Gasteiger partial charge in [-0.3, -0.25) is 0 Å². The Bertz CT molecular complexity index is 363. The Hall–Kier alpha value is -0.730. The topological polar surface area (TPSA) is 21.3 Å². The number of hydrogen-bond acceptors (Lipinski definition) is 2. The van der Waals surface area contributed by atoms with Gasteiger partial charge in [0.25, 0.3) is 0 Å². The van der Waals surface area contributed by atoms with Gasteiger partial charge in [-0.05, 0) is 50.9 Å². The maximum Gasteiger partial charge on any atom is 0.121 e. The maximum atomic E-state index is 6.23. The van der Waals surface area contributed by atoms with Crippen molar-refractivity contribution < 1.29 is 4.74 Å². The summed E-state index contributed by atoms with van der Waals surface area (Å²) in [5, 5.41) is 3.96. The molecule has 2 nitrogen and oxygen atoms in total. The molecule has 0 heterocycles. The minimum absolute atomic E-state index is 0.269. The standard InChI is InChI=1S/C13H18ClNO/c1-9(15-2)12-7-6-11(8-13(12)14)16-10-4-3-5-10/h6-10,15H,3-5H2,1-2H3. The zero-order chi connectivity index (χ0) is 11.5. The lowest BCUT2D eigenvalue weighted by molar-refractivity contribution is 0.120. The highest BCUT2D eigenvalue weighted by Gasteiger charge is 2.19. The Morgan fingerprint density at radius 1 is 1.44 bits per heavy atom. The largest absolute Gasteiger partial charge is 0.490 e. The Morgan fingerprint density at radius 3 is 2.69 bits per heavy atom. The van der Waals surface area contributed by atoms with Gasteiger partial charge >= 0.3 is 0 Å². The van der Waals surface area contributed by atoms with Crippen LogP contribution in [0.4, 0.5) is 0 Å². The van der Waals surface area contributed by atoms with Crippen molar-refractivity contribution >= 4 is 11.6 Å². The fourth-order valence-corrected chi connectivity index (χ4v) is 2.10. The monoisotopic (exact) mass is 239 g/mol. The van der Waals surface area contributed by atoms with Gasteiger partial charge in [-0.2, -0.15) is 0 Å². The van der Waals surface area contributed by atoms with Crippen LogP contribution in [0.2, 0.25) is 5.02 Å². The maximum absolute atomic E-state index is 6.23. The predicted octanol–water partition coefficient (Wildman–Crippen LogP) is 3.55. The Labute approximate surface area is 102 Å². The third-order valence-electron chi connectivity index (χ3n) is 3.23. The SMILES string of the molecule is CNC(C)c1ccc(OC2CCC2)cc1Cl. The minimum atomic E-state index is 0.269. The Balaban J connectivity index is 2.08. The molecule has 1 atom stereocenters. The van der Waals surface area contributed by atoms with Crippen molar-refractivity contribution in [3.05, 3.63) is 28.8 Å². The molecule has 1 unspecified atom stereocenters. The van der Waals surface area contributed by atoms with Gasteiger partial charge in [0.15, 0.2) is 0 Å². The van der Waals surface area contributed by atoms with E-state index in [1.807, 2.05) is 25.2 Å². The van der Waals surface area contributed by atoms with Crippen molar-refractivity contribution in [1.29, 1.82) is 0 Å². The van der Waals surface area contributed by atoms with E-state index in [4.69, 9.17) is 16.3 Å². The average molecular weight is 240 g/mol. The Morgan fingerprint density at radius 2 is 2.19 bits per heavy atom. The summed E-state index contributed by atoms with van der Waals surface area (Å²) in [4.78, 5) is 0. The number of nitrogens with one attached hydrogen (secondary N) is 1. The van der Waals surface area contributed by atoms with E-state index in [1.165, 1.54) is 19.3 Å². The second-order valence-corrected chi connectivity index (χ2v) is 4.77. The summed E-state index contributed by atoms with van der Waals surface area (Å²) >= 11 is 6.23. The van der Waals surface area contributed by atoms with Crippen LogP contribution in [0.3, 0.4) is 0 Å². The van der Waals surface area contributed by atoms with Crippen LogP contribution in [0.1, 0.15) is 37.8 Å². The molecule has 0 aliphatic heterocycles. The molecule has 1 aromatic rings. The summed E-state index contributed by atoms with van der Waals surface area (Å²) in [6, 6.07) is 6.23. The summed E-state index contributed by atoms with van der Waals surface area (Å²) in [6.07, 6.45) is 4.04. The van der Waals surface area contributed by atoms with Gasteiger partial charge < -0.3 is 10.1 Å². The van der Waals surface area contributed by atoms with Gasteiger partial charge in [0.05, 0.1) is 6.10 Å². The third-order valence-corrected chi connectivity index (χ3v) is 3.55. The molecule has 0 saturated heterocycles. The van der Waals surface area contributed by atoms with Crippen LogP contribution in [0.15, 0.2) is 18.2 Å². The molecule has 0 aromatic heterocycles. The Kier molecular flexibility index (Phi) is 3.72. The van der Waals surface area contributed by atoms with Crippen LogP contribution < -0.4 is 10.1 Å². The van der Waals surface area contributed by atoms with Gasteiger partial charge in [0.2, 0.25) is 0 Å². The van der Waals surface area contributed by atoms with E-state index in [1.54, 1.807) is 0 Å². The van der Waals surface area contributed by atoms with Gasteiger partial charge in [0.1, 0.15) is 5.75 Å². The molecule has 1 N–H and O–H groups in total. The first kappa shape index (κ1) is 11.7. The number of hydrogen-bond donors (Lipinski definition) is 1. The van der Waals surface area contributed by atoms with E-state index >= 15 is 0 Å². The second-order valence-electron chi connectivity index (χ2n) is 4.36. The van der Waals surface area contributed by atoms with Crippen molar-refractivity contribution in [1.82, 2.24) is 5.32 Å². The quantitative estimate of drug-likeness (QED) is 0.868. The van der Waals surface area contributed by atoms with E-state index < -0.39 is 0 Å². The van der Waals surface area contributed by atoms with Crippen LogP contribution in [-0.4, -0.2) is 13.2 Å². The number of benzene rings is 1. The average Bonchev–Trinajstić information content (AvgIpc) is 2.23. The van der Waals surface area contributed by atoms with Gasteiger partial charge in [-0.15, -0.1) is 0 Å². The molecule has 0 spiro atoms. The third kappa shape index (κ3) is 2.50. The van der Waals surface area contributed by atoms with E-state index in [-0.39, 0.29) is 6.04 Å². The molecule has 0 radical (unpaired) electrons. The molecule has 88 valence electrons. The summed E-state index contributed by atoms with van der Waals surface area (Å²) in [6.45, 7) is 2.09. The highest BCUT2D eigenvalue weighted by molar-refractivity contribution is 6.31. The van der Waals surface area contributed by atoms with Gasteiger partial charge in [-0.1, -0.05) is 17.7 Å². The molecule has 1 aliphatic rings.